The number of carbonyl (C=O) groups excluding carboxylic acids is 3. The van der Waals surface area contributed by atoms with E-state index in [1.807, 2.05) is 0 Å². The maximum atomic E-state index is 13.1. The number of nitrogens with two attached hydrogens (primary N) is 1. The number of amides is 3. The molecule has 53 heavy (non-hydrogen) atoms. The van der Waals surface area contributed by atoms with Gasteiger partial charge in [-0.25, -0.2) is 9.59 Å². The van der Waals surface area contributed by atoms with Gasteiger partial charge in [0.05, 0.1) is 25.2 Å². The van der Waals surface area contributed by atoms with E-state index in [-0.39, 0.29) is 19.6 Å². The first-order chi connectivity index (χ1) is 24.3. The van der Waals surface area contributed by atoms with Crippen LogP contribution < -0.4 is 27.0 Å². The maximum Gasteiger partial charge on any atom is 0.407 e. The highest BCUT2D eigenvalue weighted by Gasteiger charge is 2.53. The van der Waals surface area contributed by atoms with Crippen LogP contribution in [0.3, 0.4) is 0 Å². The van der Waals surface area contributed by atoms with Crippen LogP contribution in [0, 0.1) is 0 Å². The van der Waals surface area contributed by atoms with E-state index in [9.17, 15) is 50.1 Å². The maximum absolute atomic E-state index is 13.1. The third-order valence-corrected chi connectivity index (χ3v) is 8.73. The van der Waals surface area contributed by atoms with E-state index >= 15 is 0 Å². The van der Waals surface area contributed by atoms with Crippen molar-refractivity contribution in [3.8, 4) is 0 Å². The number of alkyl carbamates (subject to hydrolysis) is 2. The number of aliphatic hydroxyl groups excluding tert-OH is 6. The zero-order chi connectivity index (χ0) is 40.2. The number of hydrogen-bond acceptors (Lipinski definition) is 18. The van der Waals surface area contributed by atoms with Crippen molar-refractivity contribution in [2.24, 2.45) is 5.73 Å². The van der Waals surface area contributed by atoms with E-state index in [2.05, 4.69) is 21.3 Å². The molecule has 3 aliphatic rings. The summed E-state index contributed by atoms with van der Waals surface area (Å²) in [6.45, 7) is 10.0. The Morgan fingerprint density at radius 2 is 1.42 bits per heavy atom. The molecule has 2 heterocycles. The van der Waals surface area contributed by atoms with E-state index in [1.165, 1.54) is 14.0 Å². The summed E-state index contributed by atoms with van der Waals surface area (Å²) in [7, 11) is 1.50. The summed E-state index contributed by atoms with van der Waals surface area (Å²) in [6.07, 6.45) is -19.9. The van der Waals surface area contributed by atoms with E-state index in [4.69, 9.17) is 34.2 Å². The lowest BCUT2D eigenvalue weighted by atomic mass is 9.83. The molecule has 13 N–H and O–H groups in total. The number of hydrogen-bond donors (Lipinski definition) is 12. The van der Waals surface area contributed by atoms with Crippen LogP contribution in [0.5, 0.6) is 0 Å². The van der Waals surface area contributed by atoms with Crippen LogP contribution in [0.2, 0.25) is 0 Å². The van der Waals surface area contributed by atoms with Crippen molar-refractivity contribution in [1.82, 2.24) is 21.3 Å². The number of carbonyl (C=O) groups is 3. The highest BCUT2D eigenvalue weighted by atomic mass is 16.7. The molecule has 1 aliphatic carbocycles. The predicted molar refractivity (Wildman–Crippen MR) is 181 cm³/mol. The zero-order valence-electron chi connectivity index (χ0n) is 31.3. The number of aliphatic hydroxyl groups is 7. The number of ether oxygens (including phenoxy) is 6. The fraction of sp³-hybridized carbons (Fsp3) is 0.906. The van der Waals surface area contributed by atoms with Crippen LogP contribution in [0.4, 0.5) is 9.59 Å². The van der Waals surface area contributed by atoms with Crippen molar-refractivity contribution < 1.29 is 78.6 Å². The van der Waals surface area contributed by atoms with Gasteiger partial charge in [0.25, 0.3) is 5.91 Å². The third-order valence-electron chi connectivity index (χ3n) is 8.73. The van der Waals surface area contributed by atoms with Gasteiger partial charge in [0.2, 0.25) is 0 Å². The topological polar surface area (TPSA) is 322 Å². The highest BCUT2D eigenvalue weighted by Crippen LogP contribution is 2.33. The average Bonchev–Trinajstić information content (AvgIpc) is 3.02. The molecule has 3 amide bonds. The van der Waals surface area contributed by atoms with Gasteiger partial charge in [0.1, 0.15) is 71.7 Å². The first-order valence-corrected chi connectivity index (χ1v) is 17.4. The fourth-order valence-corrected chi connectivity index (χ4v) is 6.17. The monoisotopic (exact) mass is 769 g/mol. The second-order valence-electron chi connectivity index (χ2n) is 15.8. The standard InChI is InChI=1S/C32H59N5O16/c1-30(2,3)52-28(45)35-10-15(38)25(44)37-14-9-13(33)22(20(42)23(14)51-26-21(43)24(34-8)32(7,47)12-48-26)50-27-19(41)18(40)17(39)16(49-27)11-36-29(46)53-31(4,5)6/h13-24,26-27,34,38-43,47H,9-12,33H2,1-8H3,(H,35,45)(H,36,46)(H,37,44)/t13-,14+,15-,16+,17+,18-,19+,20-,21+,22+,23-,24+,26+,27+,32-/m0/s1. The largest absolute Gasteiger partial charge is 0.444 e. The van der Waals surface area contributed by atoms with Crippen LogP contribution in [-0.4, -0.2) is 183 Å². The minimum atomic E-state index is -1.87. The minimum absolute atomic E-state index is 0.210. The first kappa shape index (κ1) is 44.9. The highest BCUT2D eigenvalue weighted by molar-refractivity contribution is 5.81. The molecule has 0 spiro atoms. The van der Waals surface area contributed by atoms with Crippen molar-refractivity contribution in [2.45, 2.75) is 157 Å². The van der Waals surface area contributed by atoms with Crippen LogP contribution in [0.1, 0.15) is 54.9 Å². The van der Waals surface area contributed by atoms with Crippen LogP contribution in [0.15, 0.2) is 0 Å². The fourth-order valence-electron chi connectivity index (χ4n) is 6.17. The molecule has 21 heteroatoms. The molecule has 15 atom stereocenters. The Labute approximate surface area is 307 Å². The molecule has 1 saturated carbocycles. The van der Waals surface area contributed by atoms with Crippen molar-refractivity contribution in [3.05, 3.63) is 0 Å². The van der Waals surface area contributed by atoms with E-state index in [0.717, 1.165) is 0 Å². The van der Waals surface area contributed by atoms with Gasteiger partial charge in [-0.2, -0.15) is 0 Å². The summed E-state index contributed by atoms with van der Waals surface area (Å²) in [6, 6.07) is -3.30. The molecule has 3 fully saturated rings. The number of likely N-dealkylation sites (N-methyl/N-ethyl adjacent to an activating group) is 1. The molecule has 0 radical (unpaired) electrons. The molecule has 0 bridgehead atoms. The van der Waals surface area contributed by atoms with Gasteiger partial charge in [-0.05, 0) is 61.9 Å². The van der Waals surface area contributed by atoms with Gasteiger partial charge in [-0.3, -0.25) is 4.79 Å². The average molecular weight is 770 g/mol. The van der Waals surface area contributed by atoms with E-state index in [0.29, 0.717) is 0 Å². The molecule has 0 unspecified atom stereocenters. The van der Waals surface area contributed by atoms with Gasteiger partial charge in [0, 0.05) is 12.6 Å². The molecule has 3 rings (SSSR count). The SMILES string of the molecule is CN[C@@H]1[C@@H](O)[C@@H](O[C@@H]2[C@@H](O)[C@H](O[C@H]3O[C@H](CNC(=O)OC(C)(C)C)[C@@H](O)[C@H](O)[C@H]3O)[C@@H](N)C[C@H]2NC(=O)[C@@H](O)CNC(=O)OC(C)(C)C)OC[C@]1(C)O. The van der Waals surface area contributed by atoms with Crippen molar-refractivity contribution in [1.29, 1.82) is 0 Å². The zero-order valence-corrected chi connectivity index (χ0v) is 31.3. The number of rotatable bonds is 11. The Morgan fingerprint density at radius 3 is 1.98 bits per heavy atom. The van der Waals surface area contributed by atoms with Crippen molar-refractivity contribution >= 4 is 18.1 Å². The Morgan fingerprint density at radius 1 is 0.849 bits per heavy atom. The van der Waals surface area contributed by atoms with Crippen molar-refractivity contribution in [2.75, 3.05) is 26.7 Å². The number of nitrogens with one attached hydrogen (secondary N) is 4. The quantitative estimate of drug-likeness (QED) is 0.0944. The van der Waals surface area contributed by atoms with E-state index in [1.54, 1.807) is 41.5 Å². The lowest BCUT2D eigenvalue weighted by Crippen LogP contribution is -2.70. The summed E-state index contributed by atoms with van der Waals surface area (Å²) < 4.78 is 33.5. The Hall–Kier alpha value is -2.51. The predicted octanol–water partition coefficient (Wildman–Crippen LogP) is -4.39. The first-order valence-electron chi connectivity index (χ1n) is 17.4. The summed E-state index contributed by atoms with van der Waals surface area (Å²) in [4.78, 5) is 37.4. The molecule has 308 valence electrons. The Balaban J connectivity index is 1.81. The lowest BCUT2D eigenvalue weighted by molar-refractivity contribution is -0.330. The second-order valence-corrected chi connectivity index (χ2v) is 15.8. The summed E-state index contributed by atoms with van der Waals surface area (Å²) in [5, 5.41) is 86.0. The van der Waals surface area contributed by atoms with Crippen LogP contribution >= 0.6 is 0 Å². The third kappa shape index (κ3) is 12.2. The van der Waals surface area contributed by atoms with E-state index < -0.39 is 127 Å². The molecule has 21 nitrogen and oxygen atoms in total. The van der Waals surface area contributed by atoms with Gasteiger partial charge in [-0.15, -0.1) is 0 Å². The molecule has 2 aliphatic heterocycles. The minimum Gasteiger partial charge on any atom is -0.444 e. The molecule has 0 aromatic carbocycles. The molecule has 2 saturated heterocycles. The Kier molecular flexibility index (Phi) is 15.2. The van der Waals surface area contributed by atoms with Gasteiger partial charge in [0.15, 0.2) is 12.6 Å². The normalized spacial score (nSPS) is 38.7. The lowest BCUT2D eigenvalue weighted by Gasteiger charge is -2.49. The van der Waals surface area contributed by atoms with Gasteiger partial charge < -0.3 is 91.2 Å². The van der Waals surface area contributed by atoms with Crippen molar-refractivity contribution in [3.63, 3.8) is 0 Å². The molecular formula is C32H59N5O16. The summed E-state index contributed by atoms with van der Waals surface area (Å²) in [5.74, 6) is -0.997. The summed E-state index contributed by atoms with van der Waals surface area (Å²) in [5.41, 5.74) is 3.21. The van der Waals surface area contributed by atoms with Gasteiger partial charge >= 0.3 is 12.2 Å². The molecule has 0 aromatic heterocycles. The van der Waals surface area contributed by atoms with Crippen LogP contribution in [-0.2, 0) is 33.2 Å². The van der Waals surface area contributed by atoms with Gasteiger partial charge in [-0.1, -0.05) is 0 Å². The smallest absolute Gasteiger partial charge is 0.407 e. The van der Waals surface area contributed by atoms with Crippen LogP contribution in [0.25, 0.3) is 0 Å². The summed E-state index contributed by atoms with van der Waals surface area (Å²) >= 11 is 0. The Bertz CT molecular complexity index is 1230. The second kappa shape index (κ2) is 18.0. The molecule has 0 aromatic rings. The molecular weight excluding hydrogens is 710 g/mol.